The Bertz CT molecular complexity index is 781. The standard InChI is InChI=1S/C15H10BrNO2/c16-11-6-7-14-10(8-11)9-13(15(18)19-14)17-12-4-2-1-3-5-12/h1-9,17H. The largest absolute Gasteiger partial charge is 0.421 e. The van der Waals surface area contributed by atoms with E-state index in [1.54, 1.807) is 12.1 Å². The number of para-hydroxylation sites is 1. The molecule has 0 amide bonds. The zero-order valence-corrected chi connectivity index (χ0v) is 11.5. The van der Waals surface area contributed by atoms with Crippen LogP contribution >= 0.6 is 15.9 Å². The molecule has 0 saturated carbocycles. The Hall–Kier alpha value is -2.07. The van der Waals surface area contributed by atoms with E-state index in [-0.39, 0.29) is 5.63 Å². The number of benzene rings is 2. The molecule has 4 heteroatoms. The van der Waals surface area contributed by atoms with Crippen LogP contribution in [0.4, 0.5) is 11.4 Å². The van der Waals surface area contributed by atoms with Crippen LogP contribution in [0, 0.1) is 0 Å². The van der Waals surface area contributed by atoms with Crippen LogP contribution in [0.25, 0.3) is 11.0 Å². The van der Waals surface area contributed by atoms with Crippen molar-refractivity contribution >= 4 is 38.3 Å². The Morgan fingerprint density at radius 3 is 2.58 bits per heavy atom. The number of hydrogen-bond donors (Lipinski definition) is 1. The summed E-state index contributed by atoms with van der Waals surface area (Å²) < 4.78 is 6.23. The first-order valence-corrected chi connectivity index (χ1v) is 6.57. The first kappa shape index (κ1) is 12.0. The minimum absolute atomic E-state index is 0.376. The smallest absolute Gasteiger partial charge is 0.360 e. The molecule has 19 heavy (non-hydrogen) atoms. The van der Waals surface area contributed by atoms with E-state index in [9.17, 15) is 4.79 Å². The van der Waals surface area contributed by atoms with E-state index in [0.717, 1.165) is 15.5 Å². The highest BCUT2D eigenvalue weighted by Gasteiger charge is 2.05. The molecule has 94 valence electrons. The Labute approximate surface area is 118 Å². The second-order valence-electron chi connectivity index (χ2n) is 4.12. The van der Waals surface area contributed by atoms with Gasteiger partial charge in [0.25, 0.3) is 0 Å². The van der Waals surface area contributed by atoms with Crippen molar-refractivity contribution in [2.45, 2.75) is 0 Å². The summed E-state index contributed by atoms with van der Waals surface area (Å²) in [5, 5.41) is 3.93. The van der Waals surface area contributed by atoms with Gasteiger partial charge in [0.05, 0.1) is 0 Å². The molecule has 3 aromatic rings. The van der Waals surface area contributed by atoms with Crippen LogP contribution in [-0.4, -0.2) is 0 Å². The molecule has 0 aliphatic heterocycles. The van der Waals surface area contributed by atoms with Gasteiger partial charge in [-0.1, -0.05) is 34.1 Å². The highest BCUT2D eigenvalue weighted by atomic mass is 79.9. The van der Waals surface area contributed by atoms with E-state index in [1.165, 1.54) is 0 Å². The summed E-state index contributed by atoms with van der Waals surface area (Å²) in [4.78, 5) is 11.9. The van der Waals surface area contributed by atoms with E-state index in [4.69, 9.17) is 4.42 Å². The molecule has 0 saturated heterocycles. The van der Waals surface area contributed by atoms with Crippen molar-refractivity contribution in [3.05, 3.63) is 69.5 Å². The SMILES string of the molecule is O=c1oc2ccc(Br)cc2cc1Nc1ccccc1. The minimum atomic E-state index is -0.376. The fourth-order valence-corrected chi connectivity index (χ4v) is 2.24. The number of anilines is 2. The van der Waals surface area contributed by atoms with Gasteiger partial charge in [0.2, 0.25) is 0 Å². The lowest BCUT2D eigenvalue weighted by Gasteiger charge is -2.05. The van der Waals surface area contributed by atoms with Crippen molar-refractivity contribution in [3.8, 4) is 0 Å². The maximum Gasteiger partial charge on any atom is 0.360 e. The molecule has 0 unspecified atom stereocenters. The molecule has 0 radical (unpaired) electrons. The molecule has 0 atom stereocenters. The molecule has 1 heterocycles. The van der Waals surface area contributed by atoms with E-state index < -0.39 is 0 Å². The lowest BCUT2D eigenvalue weighted by atomic mass is 10.2. The zero-order chi connectivity index (χ0) is 13.2. The molecule has 3 rings (SSSR count). The molecule has 3 nitrogen and oxygen atoms in total. The predicted octanol–water partition coefficient (Wildman–Crippen LogP) is 4.30. The maximum atomic E-state index is 11.9. The summed E-state index contributed by atoms with van der Waals surface area (Å²) in [5.41, 5.74) is 1.48. The van der Waals surface area contributed by atoms with E-state index in [2.05, 4.69) is 21.2 Å². The second-order valence-corrected chi connectivity index (χ2v) is 5.04. The number of halogens is 1. The van der Waals surface area contributed by atoms with Gasteiger partial charge in [-0.25, -0.2) is 4.79 Å². The van der Waals surface area contributed by atoms with Crippen LogP contribution < -0.4 is 10.9 Å². The normalized spacial score (nSPS) is 10.6. The Morgan fingerprint density at radius 2 is 1.79 bits per heavy atom. The topological polar surface area (TPSA) is 42.2 Å². The van der Waals surface area contributed by atoms with Gasteiger partial charge >= 0.3 is 5.63 Å². The molecule has 0 fully saturated rings. The zero-order valence-electron chi connectivity index (χ0n) is 9.89. The molecular weight excluding hydrogens is 306 g/mol. The molecule has 2 aromatic carbocycles. The van der Waals surface area contributed by atoms with Crippen LogP contribution in [0.5, 0.6) is 0 Å². The number of rotatable bonds is 2. The second kappa shape index (κ2) is 4.90. The third-order valence-electron chi connectivity index (χ3n) is 2.75. The van der Waals surface area contributed by atoms with E-state index in [0.29, 0.717) is 11.3 Å². The predicted molar refractivity (Wildman–Crippen MR) is 79.9 cm³/mol. The minimum Gasteiger partial charge on any atom is -0.421 e. The molecule has 0 spiro atoms. The highest BCUT2D eigenvalue weighted by molar-refractivity contribution is 9.10. The third-order valence-corrected chi connectivity index (χ3v) is 3.24. The Morgan fingerprint density at radius 1 is 1.00 bits per heavy atom. The molecule has 1 N–H and O–H groups in total. The summed E-state index contributed by atoms with van der Waals surface area (Å²) in [6.45, 7) is 0. The van der Waals surface area contributed by atoms with Crippen LogP contribution in [-0.2, 0) is 0 Å². The van der Waals surface area contributed by atoms with Crippen LogP contribution in [0.15, 0.2) is 68.3 Å². The van der Waals surface area contributed by atoms with Crippen LogP contribution in [0.1, 0.15) is 0 Å². The average Bonchev–Trinajstić information content (AvgIpc) is 2.41. The van der Waals surface area contributed by atoms with Gasteiger partial charge in [0.15, 0.2) is 0 Å². The van der Waals surface area contributed by atoms with Crippen molar-refractivity contribution < 1.29 is 4.42 Å². The fourth-order valence-electron chi connectivity index (χ4n) is 1.86. The molecular formula is C15H10BrNO2. The van der Waals surface area contributed by atoms with Gasteiger partial charge < -0.3 is 9.73 Å². The monoisotopic (exact) mass is 315 g/mol. The molecule has 0 aliphatic carbocycles. The van der Waals surface area contributed by atoms with Gasteiger partial charge in [-0.05, 0) is 36.4 Å². The lowest BCUT2D eigenvalue weighted by Crippen LogP contribution is -2.06. The summed E-state index contributed by atoms with van der Waals surface area (Å²) in [7, 11) is 0. The Balaban J connectivity index is 2.08. The van der Waals surface area contributed by atoms with Crippen molar-refractivity contribution in [3.63, 3.8) is 0 Å². The quantitative estimate of drug-likeness (QED) is 0.717. The number of fused-ring (bicyclic) bond motifs is 1. The van der Waals surface area contributed by atoms with Crippen molar-refractivity contribution in [2.75, 3.05) is 5.32 Å². The molecule has 1 aromatic heterocycles. The van der Waals surface area contributed by atoms with Gasteiger partial charge in [-0.3, -0.25) is 0 Å². The van der Waals surface area contributed by atoms with Gasteiger partial charge in [-0.2, -0.15) is 0 Å². The van der Waals surface area contributed by atoms with Crippen molar-refractivity contribution in [1.29, 1.82) is 0 Å². The first-order valence-electron chi connectivity index (χ1n) is 5.78. The summed E-state index contributed by atoms with van der Waals surface area (Å²) in [5.74, 6) is 0. The van der Waals surface area contributed by atoms with E-state index in [1.807, 2.05) is 42.5 Å². The lowest BCUT2D eigenvalue weighted by molar-refractivity contribution is 0.564. The van der Waals surface area contributed by atoms with Crippen molar-refractivity contribution in [1.82, 2.24) is 0 Å². The first-order chi connectivity index (χ1) is 9.22. The fraction of sp³-hybridized carbons (Fsp3) is 0. The summed E-state index contributed by atoms with van der Waals surface area (Å²) in [6, 6.07) is 16.8. The van der Waals surface area contributed by atoms with Gasteiger partial charge in [0, 0.05) is 15.5 Å². The Kier molecular flexibility index (Phi) is 3.09. The van der Waals surface area contributed by atoms with Crippen LogP contribution in [0.2, 0.25) is 0 Å². The number of hydrogen-bond acceptors (Lipinski definition) is 3. The van der Waals surface area contributed by atoms with Crippen molar-refractivity contribution in [2.24, 2.45) is 0 Å². The third kappa shape index (κ3) is 2.53. The molecule has 0 bridgehead atoms. The van der Waals surface area contributed by atoms with Crippen LogP contribution in [0.3, 0.4) is 0 Å². The van der Waals surface area contributed by atoms with Gasteiger partial charge in [-0.15, -0.1) is 0 Å². The summed E-state index contributed by atoms with van der Waals surface area (Å²) >= 11 is 3.40. The highest BCUT2D eigenvalue weighted by Crippen LogP contribution is 2.22. The average molecular weight is 316 g/mol. The number of nitrogens with one attached hydrogen (secondary N) is 1. The summed E-state index contributed by atoms with van der Waals surface area (Å²) in [6.07, 6.45) is 0. The van der Waals surface area contributed by atoms with Gasteiger partial charge in [0.1, 0.15) is 11.3 Å². The maximum absolute atomic E-state index is 11.9. The van der Waals surface area contributed by atoms with E-state index >= 15 is 0 Å². The molecule has 0 aliphatic rings.